The molecule has 0 radical (unpaired) electrons. The van der Waals surface area contributed by atoms with Crippen LogP contribution in [0.15, 0.2) is 12.1 Å². The summed E-state index contributed by atoms with van der Waals surface area (Å²) in [7, 11) is 1.62. The quantitative estimate of drug-likeness (QED) is 0.749. The van der Waals surface area contributed by atoms with Crippen molar-refractivity contribution in [2.45, 2.75) is 32.9 Å². The van der Waals surface area contributed by atoms with Crippen LogP contribution in [0.25, 0.3) is 4.85 Å². The number of nitrogens with zero attached hydrogens (tertiary/aromatic N) is 2. The fourth-order valence-electron chi connectivity index (χ4n) is 2.34. The van der Waals surface area contributed by atoms with Crippen LogP contribution < -0.4 is 4.90 Å². The van der Waals surface area contributed by atoms with Gasteiger partial charge in [0.2, 0.25) is 5.91 Å². The molecular weight excluding hydrogens is 228 g/mol. The van der Waals surface area contributed by atoms with E-state index in [-0.39, 0.29) is 12.1 Å². The summed E-state index contributed by atoms with van der Waals surface area (Å²) in [5.41, 5.74) is 3.39. The summed E-state index contributed by atoms with van der Waals surface area (Å²) < 4.78 is 5.34. The van der Waals surface area contributed by atoms with Gasteiger partial charge in [0.05, 0.1) is 6.57 Å². The van der Waals surface area contributed by atoms with Crippen LogP contribution in [0.4, 0.5) is 11.4 Å². The van der Waals surface area contributed by atoms with E-state index in [9.17, 15) is 4.79 Å². The number of hydrogen-bond acceptors (Lipinski definition) is 2. The van der Waals surface area contributed by atoms with Gasteiger partial charge in [-0.2, -0.15) is 0 Å². The lowest BCUT2D eigenvalue weighted by Gasteiger charge is -2.26. The van der Waals surface area contributed by atoms with Crippen molar-refractivity contribution in [2.75, 3.05) is 12.0 Å². The van der Waals surface area contributed by atoms with Gasteiger partial charge < -0.3 is 4.74 Å². The van der Waals surface area contributed by atoms with Crippen molar-refractivity contribution in [3.8, 4) is 0 Å². The number of anilines is 1. The molecule has 1 fully saturated rings. The molecule has 1 atom stereocenters. The molecule has 0 aliphatic carbocycles. The molecule has 1 saturated heterocycles. The number of rotatable bonds is 2. The van der Waals surface area contributed by atoms with Crippen molar-refractivity contribution in [2.24, 2.45) is 0 Å². The predicted octanol–water partition coefficient (Wildman–Crippen LogP) is 2.95. The molecule has 0 N–H and O–H groups in total. The molecule has 1 aliphatic rings. The van der Waals surface area contributed by atoms with Gasteiger partial charge in [-0.1, -0.05) is 6.07 Å². The highest BCUT2D eigenvalue weighted by atomic mass is 16.5. The Kier molecular flexibility index (Phi) is 3.35. The van der Waals surface area contributed by atoms with Crippen molar-refractivity contribution < 1.29 is 9.53 Å². The van der Waals surface area contributed by atoms with Crippen LogP contribution >= 0.6 is 0 Å². The molecule has 0 saturated carbocycles. The molecular formula is C14H16N2O2. The largest absolute Gasteiger partial charge is 0.361 e. The van der Waals surface area contributed by atoms with E-state index in [0.29, 0.717) is 12.1 Å². The average molecular weight is 244 g/mol. The van der Waals surface area contributed by atoms with Crippen LogP contribution in [0, 0.1) is 20.4 Å². The third-order valence-corrected chi connectivity index (χ3v) is 3.54. The first-order valence-electron chi connectivity index (χ1n) is 5.92. The molecule has 4 nitrogen and oxygen atoms in total. The minimum Gasteiger partial charge on any atom is -0.361 e. The van der Waals surface area contributed by atoms with E-state index >= 15 is 0 Å². The second kappa shape index (κ2) is 4.79. The van der Waals surface area contributed by atoms with Gasteiger partial charge in [0.15, 0.2) is 5.69 Å². The standard InChI is InChI=1S/C14H16N2O2/c1-9-10(2)12(6-5-11(9)15-3)16-13(17)7-8-14(16)18-4/h5-6,14H,7-8H2,1-2,4H3/t14-/m0/s1. The molecule has 18 heavy (non-hydrogen) atoms. The molecule has 1 aliphatic heterocycles. The zero-order valence-corrected chi connectivity index (χ0v) is 10.9. The Labute approximate surface area is 107 Å². The Morgan fingerprint density at radius 2 is 2.11 bits per heavy atom. The van der Waals surface area contributed by atoms with Crippen LogP contribution in [0.1, 0.15) is 24.0 Å². The highest BCUT2D eigenvalue weighted by Crippen LogP contribution is 2.34. The van der Waals surface area contributed by atoms with Gasteiger partial charge in [-0.15, -0.1) is 0 Å². The Hall–Kier alpha value is -1.86. The third-order valence-electron chi connectivity index (χ3n) is 3.54. The van der Waals surface area contributed by atoms with E-state index in [0.717, 1.165) is 23.2 Å². The van der Waals surface area contributed by atoms with Gasteiger partial charge in [-0.25, -0.2) is 4.85 Å². The Morgan fingerprint density at radius 3 is 2.72 bits per heavy atom. The summed E-state index contributed by atoms with van der Waals surface area (Å²) in [6, 6.07) is 3.61. The molecule has 0 aromatic heterocycles. The first kappa shape index (κ1) is 12.6. The molecule has 0 unspecified atom stereocenters. The van der Waals surface area contributed by atoms with Crippen LogP contribution in [-0.4, -0.2) is 19.2 Å². The van der Waals surface area contributed by atoms with Crippen molar-refractivity contribution in [3.63, 3.8) is 0 Å². The van der Waals surface area contributed by atoms with Gasteiger partial charge >= 0.3 is 0 Å². The molecule has 1 aromatic rings. The van der Waals surface area contributed by atoms with E-state index < -0.39 is 0 Å². The minimum absolute atomic E-state index is 0.0833. The normalized spacial score (nSPS) is 19.1. The fourth-order valence-corrected chi connectivity index (χ4v) is 2.34. The van der Waals surface area contributed by atoms with E-state index in [4.69, 9.17) is 11.3 Å². The monoisotopic (exact) mass is 244 g/mol. The Balaban J connectivity index is 2.49. The van der Waals surface area contributed by atoms with Crippen molar-refractivity contribution in [1.82, 2.24) is 0 Å². The summed E-state index contributed by atoms with van der Waals surface area (Å²) in [5.74, 6) is 0.0833. The maximum atomic E-state index is 11.9. The van der Waals surface area contributed by atoms with Gasteiger partial charge in [-0.05, 0) is 31.0 Å². The lowest BCUT2D eigenvalue weighted by atomic mass is 10.1. The number of carbonyl (C=O) groups excluding carboxylic acids is 1. The zero-order chi connectivity index (χ0) is 13.3. The Bertz CT molecular complexity index is 531. The number of amides is 1. The highest BCUT2D eigenvalue weighted by Gasteiger charge is 2.33. The predicted molar refractivity (Wildman–Crippen MR) is 69.7 cm³/mol. The van der Waals surface area contributed by atoms with Crippen LogP contribution in [0.2, 0.25) is 0 Å². The second-order valence-electron chi connectivity index (χ2n) is 4.46. The van der Waals surface area contributed by atoms with E-state index in [1.165, 1.54) is 0 Å². The van der Waals surface area contributed by atoms with E-state index in [1.807, 2.05) is 19.9 Å². The summed E-state index contributed by atoms with van der Waals surface area (Å²) in [5, 5.41) is 0. The summed E-state index contributed by atoms with van der Waals surface area (Å²) in [4.78, 5) is 17.1. The van der Waals surface area contributed by atoms with Gasteiger partial charge in [0.1, 0.15) is 6.23 Å². The molecule has 0 bridgehead atoms. The molecule has 1 heterocycles. The topological polar surface area (TPSA) is 33.9 Å². The van der Waals surface area contributed by atoms with Crippen LogP contribution in [0.5, 0.6) is 0 Å². The van der Waals surface area contributed by atoms with E-state index in [2.05, 4.69) is 4.85 Å². The molecule has 1 aromatic carbocycles. The highest BCUT2D eigenvalue weighted by molar-refractivity contribution is 5.97. The number of ether oxygens (including phenoxy) is 1. The maximum absolute atomic E-state index is 11.9. The number of benzene rings is 1. The van der Waals surface area contributed by atoms with Crippen molar-refractivity contribution >= 4 is 17.3 Å². The first-order chi connectivity index (χ1) is 8.60. The van der Waals surface area contributed by atoms with Gasteiger partial charge in [-0.3, -0.25) is 9.69 Å². The first-order valence-corrected chi connectivity index (χ1v) is 5.92. The Morgan fingerprint density at radius 1 is 1.39 bits per heavy atom. The molecule has 1 amide bonds. The average Bonchev–Trinajstić information content (AvgIpc) is 2.74. The molecule has 94 valence electrons. The molecule has 0 spiro atoms. The van der Waals surface area contributed by atoms with Crippen LogP contribution in [0.3, 0.4) is 0 Å². The molecule has 2 rings (SSSR count). The number of methoxy groups -OCH3 is 1. The smallest absolute Gasteiger partial charge is 0.229 e. The second-order valence-corrected chi connectivity index (χ2v) is 4.46. The zero-order valence-electron chi connectivity index (χ0n) is 10.9. The number of hydrogen-bond donors (Lipinski definition) is 0. The van der Waals surface area contributed by atoms with E-state index in [1.54, 1.807) is 18.1 Å². The minimum atomic E-state index is -0.186. The molecule has 4 heteroatoms. The van der Waals surface area contributed by atoms with Crippen molar-refractivity contribution in [1.29, 1.82) is 0 Å². The van der Waals surface area contributed by atoms with Gasteiger partial charge in [0.25, 0.3) is 0 Å². The SMILES string of the molecule is [C-]#[N+]c1ccc(N2C(=O)CC[C@@H]2OC)c(C)c1C. The lowest BCUT2D eigenvalue weighted by molar-refractivity contribution is -0.117. The fraction of sp³-hybridized carbons (Fsp3) is 0.429. The lowest BCUT2D eigenvalue weighted by Crippen LogP contribution is -2.34. The summed E-state index contributed by atoms with van der Waals surface area (Å²) >= 11 is 0. The van der Waals surface area contributed by atoms with Gasteiger partial charge in [0, 0.05) is 25.6 Å². The summed E-state index contributed by atoms with van der Waals surface area (Å²) in [6.07, 6.45) is 1.05. The number of carbonyl (C=O) groups is 1. The third kappa shape index (κ3) is 1.87. The summed E-state index contributed by atoms with van der Waals surface area (Å²) in [6.45, 7) is 10.9. The maximum Gasteiger partial charge on any atom is 0.229 e. The van der Waals surface area contributed by atoms with Crippen LogP contribution in [-0.2, 0) is 9.53 Å². The van der Waals surface area contributed by atoms with Crippen molar-refractivity contribution in [3.05, 3.63) is 34.7 Å².